The Morgan fingerprint density at radius 2 is 2.04 bits per heavy atom. The highest BCUT2D eigenvalue weighted by Crippen LogP contribution is 2.32. The molecule has 7 nitrogen and oxygen atoms in total. The van der Waals surface area contributed by atoms with Crippen LogP contribution in [0.25, 0.3) is 0 Å². The van der Waals surface area contributed by atoms with E-state index in [0.29, 0.717) is 23.1 Å². The molecule has 4 N–H and O–H groups in total. The lowest BCUT2D eigenvalue weighted by molar-refractivity contribution is 0.318. The van der Waals surface area contributed by atoms with Gasteiger partial charge in [0.1, 0.15) is 11.5 Å². The fourth-order valence-corrected chi connectivity index (χ4v) is 3.21. The molecule has 142 valence electrons. The molecule has 3 rings (SSSR count). The van der Waals surface area contributed by atoms with Gasteiger partial charge in [0.25, 0.3) is 0 Å². The highest BCUT2D eigenvalue weighted by Gasteiger charge is 2.20. The number of ether oxygens (including phenoxy) is 2. The third-order valence-corrected chi connectivity index (χ3v) is 4.87. The molecule has 0 amide bonds. The predicted molar refractivity (Wildman–Crippen MR) is 109 cm³/mol. The monoisotopic (exact) mass is 368 g/mol. The van der Waals surface area contributed by atoms with E-state index >= 15 is 0 Å². The molecule has 8 heteroatoms. The van der Waals surface area contributed by atoms with Gasteiger partial charge in [-0.25, -0.2) is 0 Å². The molecule has 1 saturated heterocycles. The molecule has 2 aromatic rings. The number of hydrogen-bond donors (Lipinski definition) is 3. The molecular formula is C19H25BN4O3. The molecule has 27 heavy (non-hydrogen) atoms. The normalized spacial score (nSPS) is 17.7. The van der Waals surface area contributed by atoms with E-state index in [1.807, 2.05) is 30.3 Å². The fraction of sp³-hybridized carbons (Fsp3) is 0.316. The lowest BCUT2D eigenvalue weighted by atomic mass is 10.1. The summed E-state index contributed by atoms with van der Waals surface area (Å²) < 4.78 is 11.2. The second-order valence-electron chi connectivity index (χ2n) is 6.63. The van der Waals surface area contributed by atoms with Gasteiger partial charge in [-0.1, -0.05) is 5.16 Å². The number of anilines is 1. The van der Waals surface area contributed by atoms with Gasteiger partial charge in [-0.2, -0.15) is 0 Å². The summed E-state index contributed by atoms with van der Waals surface area (Å²) in [6, 6.07) is 13.3. The Bertz CT molecular complexity index is 798. The number of hydrogen-bond acceptors (Lipinski definition) is 6. The fourth-order valence-electron chi connectivity index (χ4n) is 3.21. The second kappa shape index (κ2) is 8.68. The van der Waals surface area contributed by atoms with Crippen LogP contribution >= 0.6 is 0 Å². The van der Waals surface area contributed by atoms with Gasteiger partial charge in [0.15, 0.2) is 19.6 Å². The van der Waals surface area contributed by atoms with E-state index in [2.05, 4.69) is 23.3 Å². The maximum Gasteiger partial charge on any atom is 0.185 e. The Kier molecular flexibility index (Phi) is 6.08. The highest BCUT2D eigenvalue weighted by atomic mass is 16.5. The summed E-state index contributed by atoms with van der Waals surface area (Å²) in [6.45, 7) is 1.96. The van der Waals surface area contributed by atoms with E-state index in [1.54, 1.807) is 19.2 Å². The van der Waals surface area contributed by atoms with Crippen LogP contribution in [0.3, 0.4) is 0 Å². The van der Waals surface area contributed by atoms with Gasteiger partial charge in [0, 0.05) is 18.2 Å². The maximum absolute atomic E-state index is 8.96. The molecular weight excluding hydrogens is 343 g/mol. The maximum atomic E-state index is 8.96. The summed E-state index contributed by atoms with van der Waals surface area (Å²) in [4.78, 5) is 2.36. The molecule has 0 unspecified atom stereocenters. The zero-order valence-corrected chi connectivity index (χ0v) is 15.7. The molecule has 0 spiro atoms. The summed E-state index contributed by atoms with van der Waals surface area (Å²) >= 11 is 0. The Hall–Kier alpha value is -2.87. The van der Waals surface area contributed by atoms with Crippen LogP contribution in [0.1, 0.15) is 18.4 Å². The van der Waals surface area contributed by atoms with Crippen LogP contribution in [0.4, 0.5) is 5.69 Å². The molecule has 1 fully saturated rings. The Labute approximate surface area is 160 Å². The van der Waals surface area contributed by atoms with Crippen molar-refractivity contribution in [3.05, 3.63) is 48.0 Å². The van der Waals surface area contributed by atoms with Gasteiger partial charge >= 0.3 is 0 Å². The van der Waals surface area contributed by atoms with E-state index in [-0.39, 0.29) is 5.84 Å². The number of oxime groups is 1. The van der Waals surface area contributed by atoms with E-state index in [1.165, 1.54) is 12.8 Å². The number of methoxy groups -OCH3 is 1. The first-order valence-electron chi connectivity index (χ1n) is 8.98. The quantitative estimate of drug-likeness (QED) is 0.228. The van der Waals surface area contributed by atoms with E-state index in [4.69, 9.17) is 20.4 Å². The van der Waals surface area contributed by atoms with Crippen LogP contribution in [-0.2, 0) is 0 Å². The van der Waals surface area contributed by atoms with E-state index in [9.17, 15) is 0 Å². The van der Waals surface area contributed by atoms with Crippen molar-refractivity contribution in [2.45, 2.75) is 18.9 Å². The first-order valence-corrected chi connectivity index (χ1v) is 8.98. The van der Waals surface area contributed by atoms with Crippen LogP contribution in [-0.4, -0.2) is 50.1 Å². The number of nitrogens with two attached hydrogens (primary N) is 1. The lowest BCUT2D eigenvalue weighted by Crippen LogP contribution is -2.32. The van der Waals surface area contributed by atoms with Gasteiger partial charge < -0.3 is 30.5 Å². The second-order valence-corrected chi connectivity index (χ2v) is 6.63. The molecule has 1 heterocycles. The van der Waals surface area contributed by atoms with Crippen molar-refractivity contribution in [1.29, 1.82) is 0 Å². The summed E-state index contributed by atoms with van der Waals surface area (Å²) in [5.41, 5.74) is 7.19. The minimum Gasteiger partial charge on any atom is -0.497 e. The van der Waals surface area contributed by atoms with Crippen LogP contribution in [0.5, 0.6) is 17.2 Å². The van der Waals surface area contributed by atoms with Crippen molar-refractivity contribution in [1.82, 2.24) is 4.81 Å². The minimum atomic E-state index is 0.0386. The number of amidine groups is 1. The van der Waals surface area contributed by atoms with Crippen molar-refractivity contribution >= 4 is 19.5 Å². The molecule has 0 radical (unpaired) electrons. The van der Waals surface area contributed by atoms with Gasteiger partial charge in [0.2, 0.25) is 0 Å². The lowest BCUT2D eigenvalue weighted by Gasteiger charge is -2.22. The molecule has 1 aliphatic heterocycles. The Balaban J connectivity index is 1.82. The first kappa shape index (κ1) is 18.9. The topological polar surface area (TPSA) is 92.3 Å². The van der Waals surface area contributed by atoms with Gasteiger partial charge in [-0.05, 0) is 61.9 Å². The number of benzene rings is 2. The standard InChI is InChI=1S/C19H25BN4O3/c1-26-15-5-7-16(8-6-15)27-18-11-13(19(21)23-25)4-9-17(18)22-12-14-3-2-10-24(14)20/h4-9,11,14,22,25H,2-3,10,12,20H2,1H3,(H2,21,23)/t14-/m0/s1. The number of nitrogens with zero attached hydrogens (tertiary/aromatic N) is 2. The molecule has 2 aromatic carbocycles. The van der Waals surface area contributed by atoms with Crippen molar-refractivity contribution in [2.75, 3.05) is 25.5 Å². The zero-order valence-electron chi connectivity index (χ0n) is 15.7. The molecule has 0 aromatic heterocycles. The van der Waals surface area contributed by atoms with E-state index < -0.39 is 0 Å². The largest absolute Gasteiger partial charge is 0.497 e. The predicted octanol–water partition coefficient (Wildman–Crippen LogP) is 2.01. The summed E-state index contributed by atoms with van der Waals surface area (Å²) in [6.07, 6.45) is 2.40. The SMILES string of the molecule is BN1CCC[C@H]1CNc1ccc(/C(N)=N/O)cc1Oc1ccc(OC)cc1. The van der Waals surface area contributed by atoms with Crippen molar-refractivity contribution in [2.24, 2.45) is 10.9 Å². The molecule has 0 aliphatic carbocycles. The Morgan fingerprint density at radius 3 is 2.67 bits per heavy atom. The molecule has 0 bridgehead atoms. The van der Waals surface area contributed by atoms with Crippen molar-refractivity contribution in [3.63, 3.8) is 0 Å². The van der Waals surface area contributed by atoms with Crippen molar-refractivity contribution < 1.29 is 14.7 Å². The van der Waals surface area contributed by atoms with Gasteiger partial charge in [0.05, 0.1) is 12.8 Å². The smallest absolute Gasteiger partial charge is 0.185 e. The molecule has 1 atom stereocenters. The average molecular weight is 368 g/mol. The van der Waals surface area contributed by atoms with Crippen LogP contribution in [0, 0.1) is 0 Å². The molecule has 1 aliphatic rings. The minimum absolute atomic E-state index is 0.0386. The number of rotatable bonds is 7. The van der Waals surface area contributed by atoms with Crippen LogP contribution < -0.4 is 20.5 Å². The van der Waals surface area contributed by atoms with E-state index in [0.717, 1.165) is 24.5 Å². The van der Waals surface area contributed by atoms with Crippen molar-refractivity contribution in [3.8, 4) is 17.2 Å². The van der Waals surface area contributed by atoms with Crippen LogP contribution in [0.2, 0.25) is 0 Å². The van der Waals surface area contributed by atoms with Gasteiger partial charge in [-0.15, -0.1) is 0 Å². The summed E-state index contributed by atoms with van der Waals surface area (Å²) in [5.74, 6) is 2.09. The molecule has 0 saturated carbocycles. The first-order chi connectivity index (χ1) is 13.1. The zero-order chi connectivity index (χ0) is 19.2. The van der Waals surface area contributed by atoms with Crippen LogP contribution in [0.15, 0.2) is 47.6 Å². The third kappa shape index (κ3) is 4.65. The van der Waals surface area contributed by atoms with Gasteiger partial charge in [-0.3, -0.25) is 0 Å². The highest BCUT2D eigenvalue weighted by molar-refractivity contribution is 6.04. The summed E-state index contributed by atoms with van der Waals surface area (Å²) in [7, 11) is 3.77. The average Bonchev–Trinajstić information content (AvgIpc) is 3.11. The third-order valence-electron chi connectivity index (χ3n) is 4.87. The Morgan fingerprint density at radius 1 is 1.30 bits per heavy atom. The summed E-state index contributed by atoms with van der Waals surface area (Å²) in [5, 5.41) is 15.5. The number of nitrogens with one attached hydrogen (secondary N) is 1.